The normalized spacial score (nSPS) is 12.6. The highest BCUT2D eigenvalue weighted by Gasteiger charge is 2.46. The van der Waals surface area contributed by atoms with E-state index in [1.165, 1.54) is 49.9 Å². The molecule has 314 valence electrons. The molecule has 0 saturated heterocycles. The van der Waals surface area contributed by atoms with Crippen molar-refractivity contribution in [2.45, 2.75) is 5.41 Å². The third-order valence-corrected chi connectivity index (χ3v) is 14.0. The first-order valence-corrected chi connectivity index (χ1v) is 23.1. The molecule has 1 aliphatic rings. The summed E-state index contributed by atoms with van der Waals surface area (Å²) in [6, 6.07) is 95.1. The summed E-state index contributed by atoms with van der Waals surface area (Å²) < 4.78 is 6.83. The second-order valence-corrected chi connectivity index (χ2v) is 17.6. The number of furan rings is 1. The Labute approximate surface area is 390 Å². The zero-order valence-corrected chi connectivity index (χ0v) is 36.7. The molecule has 1 aliphatic carbocycles. The van der Waals surface area contributed by atoms with E-state index in [4.69, 9.17) is 4.42 Å². The molecule has 0 atom stereocenters. The fourth-order valence-corrected chi connectivity index (χ4v) is 10.9. The van der Waals surface area contributed by atoms with Crippen LogP contribution in [0.15, 0.2) is 265 Å². The van der Waals surface area contributed by atoms with Gasteiger partial charge in [-0.1, -0.05) is 218 Å². The van der Waals surface area contributed by atoms with Crippen LogP contribution in [-0.4, -0.2) is 0 Å². The Bertz CT molecular complexity index is 3740. The topological polar surface area (TPSA) is 16.4 Å². The monoisotopic (exact) mass is 853 g/mol. The van der Waals surface area contributed by atoms with Gasteiger partial charge in [-0.15, -0.1) is 0 Å². The van der Waals surface area contributed by atoms with Crippen LogP contribution in [0.25, 0.3) is 77.2 Å². The van der Waals surface area contributed by atoms with E-state index in [1.54, 1.807) is 0 Å². The largest absolute Gasteiger partial charge is 0.455 e. The molecule has 0 spiro atoms. The minimum Gasteiger partial charge on any atom is -0.455 e. The molecule has 13 rings (SSSR count). The van der Waals surface area contributed by atoms with Crippen molar-refractivity contribution in [2.75, 3.05) is 4.90 Å². The Balaban J connectivity index is 1.04. The van der Waals surface area contributed by atoms with E-state index in [9.17, 15) is 0 Å². The van der Waals surface area contributed by atoms with Crippen LogP contribution < -0.4 is 4.90 Å². The fourth-order valence-electron chi connectivity index (χ4n) is 10.9. The Morgan fingerprint density at radius 3 is 1.60 bits per heavy atom. The molecule has 0 fully saturated rings. The second-order valence-electron chi connectivity index (χ2n) is 17.6. The number of hydrogen-bond acceptors (Lipinski definition) is 2. The molecule has 1 heterocycles. The summed E-state index contributed by atoms with van der Waals surface area (Å²) in [5, 5.41) is 4.55. The Kier molecular flexibility index (Phi) is 9.11. The molecule has 0 unspecified atom stereocenters. The smallest absolute Gasteiger partial charge is 0.143 e. The lowest BCUT2D eigenvalue weighted by Gasteiger charge is -2.35. The van der Waals surface area contributed by atoms with Crippen LogP contribution in [-0.2, 0) is 5.41 Å². The standard InChI is InChI=1S/C65H43NO/c1-5-18-44(19-6-1)48-35-41-62(59(42-48)45-20-7-2-8-21-45)66(51-36-32-47(33-37-51)54-29-17-30-57-58-39-34-46-22-13-14-27-53(46)64(58)67-63(54)57)52-38-40-56-55-28-15-16-31-60(55)65(61(56)43-52,49-23-9-3-10-24-49)50-25-11-4-12-26-50/h1-43H. The number of benzene rings is 11. The maximum absolute atomic E-state index is 6.83. The van der Waals surface area contributed by atoms with Gasteiger partial charge in [0.2, 0.25) is 0 Å². The van der Waals surface area contributed by atoms with Crippen LogP contribution in [0.5, 0.6) is 0 Å². The average Bonchev–Trinajstić information content (AvgIpc) is 3.94. The number of para-hydroxylation sites is 1. The zero-order valence-electron chi connectivity index (χ0n) is 36.7. The molecule has 2 nitrogen and oxygen atoms in total. The molecular weight excluding hydrogens is 811 g/mol. The molecule has 0 saturated carbocycles. The Morgan fingerprint density at radius 2 is 0.851 bits per heavy atom. The van der Waals surface area contributed by atoms with E-state index >= 15 is 0 Å². The predicted octanol–water partition coefficient (Wildman–Crippen LogP) is 17.6. The molecule has 0 N–H and O–H groups in total. The van der Waals surface area contributed by atoms with Crippen LogP contribution in [0.4, 0.5) is 17.1 Å². The first kappa shape index (κ1) is 38.7. The van der Waals surface area contributed by atoms with Gasteiger partial charge >= 0.3 is 0 Å². The summed E-state index contributed by atoms with van der Waals surface area (Å²) in [7, 11) is 0. The van der Waals surface area contributed by atoms with E-state index in [-0.39, 0.29) is 0 Å². The molecule has 0 amide bonds. The average molecular weight is 854 g/mol. The van der Waals surface area contributed by atoms with Crippen molar-refractivity contribution in [2.24, 2.45) is 0 Å². The summed E-state index contributed by atoms with van der Waals surface area (Å²) in [5.41, 5.74) is 18.8. The Morgan fingerprint density at radius 1 is 0.299 bits per heavy atom. The lowest BCUT2D eigenvalue weighted by Crippen LogP contribution is -2.28. The molecule has 12 aromatic rings. The minimum absolute atomic E-state index is 0.546. The van der Waals surface area contributed by atoms with E-state index in [0.29, 0.717) is 0 Å². The third kappa shape index (κ3) is 6.18. The predicted molar refractivity (Wildman–Crippen MR) is 280 cm³/mol. The van der Waals surface area contributed by atoms with Crippen molar-refractivity contribution in [3.63, 3.8) is 0 Å². The minimum atomic E-state index is -0.546. The SMILES string of the molecule is c1ccc(-c2ccc(N(c3ccc(-c4cccc5c4oc4c6ccccc6ccc54)cc3)c3ccc4c(c3)C(c3ccccc3)(c3ccccc3)c3ccccc3-4)c(-c3ccccc3)c2)cc1. The zero-order chi connectivity index (χ0) is 44.3. The first-order chi connectivity index (χ1) is 33.2. The molecule has 0 bridgehead atoms. The van der Waals surface area contributed by atoms with Gasteiger partial charge < -0.3 is 9.32 Å². The quantitative estimate of drug-likeness (QED) is 0.151. The summed E-state index contributed by atoms with van der Waals surface area (Å²) in [5.74, 6) is 0. The van der Waals surface area contributed by atoms with Gasteiger partial charge in [0.25, 0.3) is 0 Å². The first-order valence-electron chi connectivity index (χ1n) is 23.1. The van der Waals surface area contributed by atoms with Gasteiger partial charge in [0, 0.05) is 38.7 Å². The van der Waals surface area contributed by atoms with Gasteiger partial charge in [-0.3, -0.25) is 0 Å². The molecule has 11 aromatic carbocycles. The highest BCUT2D eigenvalue weighted by Crippen LogP contribution is 2.57. The summed E-state index contributed by atoms with van der Waals surface area (Å²) in [6.07, 6.45) is 0. The van der Waals surface area contributed by atoms with Gasteiger partial charge in [0.05, 0.1) is 11.1 Å². The van der Waals surface area contributed by atoms with Crippen LogP contribution in [0.3, 0.4) is 0 Å². The number of anilines is 3. The Hall–Kier alpha value is -8.72. The van der Waals surface area contributed by atoms with Gasteiger partial charge in [-0.05, 0) is 103 Å². The maximum atomic E-state index is 6.83. The highest BCUT2D eigenvalue weighted by atomic mass is 16.3. The highest BCUT2D eigenvalue weighted by molar-refractivity contribution is 6.17. The van der Waals surface area contributed by atoms with E-state index < -0.39 is 5.41 Å². The van der Waals surface area contributed by atoms with Gasteiger partial charge in [-0.25, -0.2) is 0 Å². The van der Waals surface area contributed by atoms with E-state index in [1.807, 2.05) is 0 Å². The molecule has 67 heavy (non-hydrogen) atoms. The van der Waals surface area contributed by atoms with Crippen molar-refractivity contribution in [3.05, 3.63) is 283 Å². The number of nitrogens with zero attached hydrogens (tertiary/aromatic N) is 1. The molecular formula is C65H43NO. The van der Waals surface area contributed by atoms with Gasteiger partial charge in [0.15, 0.2) is 0 Å². The van der Waals surface area contributed by atoms with Crippen molar-refractivity contribution < 1.29 is 4.42 Å². The molecule has 0 radical (unpaired) electrons. The third-order valence-electron chi connectivity index (χ3n) is 14.0. The van der Waals surface area contributed by atoms with Crippen molar-refractivity contribution in [1.29, 1.82) is 0 Å². The second kappa shape index (κ2) is 15.8. The van der Waals surface area contributed by atoms with E-state index in [0.717, 1.165) is 66.6 Å². The van der Waals surface area contributed by atoms with Crippen molar-refractivity contribution >= 4 is 49.8 Å². The summed E-state index contributed by atoms with van der Waals surface area (Å²) in [6.45, 7) is 0. The number of hydrogen-bond donors (Lipinski definition) is 0. The summed E-state index contributed by atoms with van der Waals surface area (Å²) in [4.78, 5) is 2.46. The van der Waals surface area contributed by atoms with Crippen LogP contribution >= 0.6 is 0 Å². The molecule has 2 heteroatoms. The molecule has 0 aliphatic heterocycles. The van der Waals surface area contributed by atoms with Crippen molar-refractivity contribution in [3.8, 4) is 44.5 Å². The molecule has 1 aromatic heterocycles. The van der Waals surface area contributed by atoms with Crippen LogP contribution in [0, 0.1) is 0 Å². The number of rotatable bonds is 8. The maximum Gasteiger partial charge on any atom is 0.143 e. The number of fused-ring (bicyclic) bond motifs is 8. The van der Waals surface area contributed by atoms with Gasteiger partial charge in [-0.2, -0.15) is 0 Å². The van der Waals surface area contributed by atoms with Crippen LogP contribution in [0.2, 0.25) is 0 Å². The lowest BCUT2D eigenvalue weighted by molar-refractivity contribution is 0.674. The van der Waals surface area contributed by atoms with Gasteiger partial charge in [0.1, 0.15) is 11.2 Å². The van der Waals surface area contributed by atoms with E-state index in [2.05, 4.69) is 266 Å². The summed E-state index contributed by atoms with van der Waals surface area (Å²) >= 11 is 0. The lowest BCUT2D eigenvalue weighted by atomic mass is 9.67. The van der Waals surface area contributed by atoms with Crippen molar-refractivity contribution in [1.82, 2.24) is 0 Å². The fraction of sp³-hybridized carbons (Fsp3) is 0.0154. The van der Waals surface area contributed by atoms with Crippen LogP contribution in [0.1, 0.15) is 22.3 Å².